The number of thiazole rings is 1. The lowest BCUT2D eigenvalue weighted by molar-refractivity contribution is 0.102. The molecule has 0 saturated heterocycles. The number of rotatable bonds is 4. The first kappa shape index (κ1) is 14.5. The predicted molar refractivity (Wildman–Crippen MR) is 90.0 cm³/mol. The summed E-state index contributed by atoms with van der Waals surface area (Å²) in [6.45, 7) is 4.03. The van der Waals surface area contributed by atoms with Crippen LogP contribution in [-0.4, -0.2) is 15.5 Å². The predicted octanol–water partition coefficient (Wildman–Crippen LogP) is 4.06. The van der Waals surface area contributed by atoms with Crippen LogP contribution in [0, 0.1) is 6.92 Å². The summed E-state index contributed by atoms with van der Waals surface area (Å²) >= 11 is 1.41. The van der Waals surface area contributed by atoms with Crippen LogP contribution in [0.3, 0.4) is 0 Å². The van der Waals surface area contributed by atoms with Crippen molar-refractivity contribution < 1.29 is 4.79 Å². The van der Waals surface area contributed by atoms with E-state index < -0.39 is 0 Å². The molecule has 0 fully saturated rings. The maximum Gasteiger partial charge on any atom is 0.267 e. The van der Waals surface area contributed by atoms with Crippen molar-refractivity contribution in [1.82, 2.24) is 9.55 Å². The summed E-state index contributed by atoms with van der Waals surface area (Å²) < 4.78 is 1.92. The van der Waals surface area contributed by atoms with E-state index in [1.54, 1.807) is 0 Å². The van der Waals surface area contributed by atoms with Gasteiger partial charge in [0.1, 0.15) is 4.88 Å². The molecule has 22 heavy (non-hydrogen) atoms. The molecule has 0 unspecified atom stereocenters. The molecular weight excluding hydrogens is 294 g/mol. The van der Waals surface area contributed by atoms with Crippen LogP contribution in [-0.2, 0) is 6.42 Å². The molecule has 0 radical (unpaired) electrons. The minimum absolute atomic E-state index is 0.100. The van der Waals surface area contributed by atoms with E-state index in [0.29, 0.717) is 4.88 Å². The Kier molecular flexibility index (Phi) is 4.06. The summed E-state index contributed by atoms with van der Waals surface area (Å²) in [5.74, 6) is -0.100. The van der Waals surface area contributed by atoms with Crippen LogP contribution in [0.4, 0.5) is 5.69 Å². The monoisotopic (exact) mass is 311 g/mol. The number of aryl methyl sites for hydroxylation is 2. The molecular formula is C17H17N3OS. The number of nitrogens with one attached hydrogen (secondary N) is 1. The molecule has 1 amide bonds. The number of hydrogen-bond donors (Lipinski definition) is 1. The molecule has 1 N–H and O–H groups in total. The van der Waals surface area contributed by atoms with Crippen LogP contribution in [0.25, 0.3) is 5.13 Å². The summed E-state index contributed by atoms with van der Waals surface area (Å²) in [5.41, 5.74) is 2.80. The smallest absolute Gasteiger partial charge is 0.267 e. The van der Waals surface area contributed by atoms with Crippen LogP contribution in [0.5, 0.6) is 0 Å². The molecule has 3 aromatic rings. The molecule has 0 bridgehead atoms. The fourth-order valence-corrected chi connectivity index (χ4v) is 3.17. The van der Waals surface area contributed by atoms with Crippen molar-refractivity contribution in [2.75, 3.05) is 5.32 Å². The highest BCUT2D eigenvalue weighted by Crippen LogP contribution is 2.24. The molecule has 0 aliphatic rings. The van der Waals surface area contributed by atoms with Crippen LogP contribution in [0.15, 0.2) is 48.8 Å². The zero-order chi connectivity index (χ0) is 15.5. The van der Waals surface area contributed by atoms with E-state index in [1.807, 2.05) is 67.2 Å². The molecule has 1 aromatic carbocycles. The Morgan fingerprint density at radius 2 is 1.91 bits per heavy atom. The van der Waals surface area contributed by atoms with Gasteiger partial charge in [0, 0.05) is 18.1 Å². The summed E-state index contributed by atoms with van der Waals surface area (Å²) in [6, 6.07) is 11.7. The van der Waals surface area contributed by atoms with E-state index in [9.17, 15) is 4.79 Å². The van der Waals surface area contributed by atoms with Crippen molar-refractivity contribution in [3.63, 3.8) is 0 Å². The molecule has 0 spiro atoms. The van der Waals surface area contributed by atoms with Gasteiger partial charge in [0.05, 0.1) is 5.69 Å². The number of nitrogens with zero attached hydrogens (tertiary/aromatic N) is 2. The molecule has 3 rings (SSSR count). The van der Waals surface area contributed by atoms with E-state index in [0.717, 1.165) is 22.9 Å². The van der Waals surface area contributed by atoms with E-state index in [1.165, 1.54) is 16.9 Å². The number of hydrogen-bond acceptors (Lipinski definition) is 3. The first-order chi connectivity index (χ1) is 10.7. The third kappa shape index (κ3) is 2.94. The second-order valence-corrected chi connectivity index (χ2v) is 6.01. The Balaban J connectivity index is 1.87. The number of benzene rings is 1. The second-order valence-electron chi connectivity index (χ2n) is 5.04. The molecule has 0 aliphatic heterocycles. The molecule has 2 heterocycles. The zero-order valence-electron chi connectivity index (χ0n) is 12.5. The van der Waals surface area contributed by atoms with Crippen LogP contribution in [0.2, 0.25) is 0 Å². The summed E-state index contributed by atoms with van der Waals surface area (Å²) in [4.78, 5) is 17.8. The van der Waals surface area contributed by atoms with Gasteiger partial charge in [-0.25, -0.2) is 4.98 Å². The van der Waals surface area contributed by atoms with Gasteiger partial charge in [-0.15, -0.1) is 0 Å². The Bertz CT molecular complexity index is 773. The number of carbonyl (C=O) groups is 1. The van der Waals surface area contributed by atoms with Gasteiger partial charge in [-0.1, -0.05) is 36.0 Å². The lowest BCUT2D eigenvalue weighted by Gasteiger charge is -2.04. The standard InChI is InChI=1S/C17H17N3OS/c1-3-14-15(22-17(19-14)20-10-4-5-11-20)16(21)18-13-8-6-12(2)7-9-13/h4-11H,3H2,1-2H3,(H,18,21). The summed E-state index contributed by atoms with van der Waals surface area (Å²) in [5, 5.41) is 3.76. The molecule has 0 atom stereocenters. The van der Waals surface area contributed by atoms with Gasteiger partial charge in [0.2, 0.25) is 0 Å². The van der Waals surface area contributed by atoms with Crippen molar-refractivity contribution >= 4 is 22.9 Å². The Morgan fingerprint density at radius 1 is 1.23 bits per heavy atom. The average molecular weight is 311 g/mol. The van der Waals surface area contributed by atoms with E-state index >= 15 is 0 Å². The molecule has 0 aliphatic carbocycles. The average Bonchev–Trinajstić information content (AvgIpc) is 3.18. The Labute approximate surface area is 133 Å². The van der Waals surface area contributed by atoms with Crippen molar-refractivity contribution in [3.05, 3.63) is 64.9 Å². The molecule has 2 aromatic heterocycles. The van der Waals surface area contributed by atoms with Gasteiger partial charge >= 0.3 is 0 Å². The summed E-state index contributed by atoms with van der Waals surface area (Å²) in [6.07, 6.45) is 4.59. The number of carbonyl (C=O) groups excluding carboxylic acids is 1. The molecule has 0 saturated carbocycles. The molecule has 112 valence electrons. The Morgan fingerprint density at radius 3 is 2.55 bits per heavy atom. The quantitative estimate of drug-likeness (QED) is 0.790. The van der Waals surface area contributed by atoms with Gasteiger partial charge in [-0.2, -0.15) is 0 Å². The molecule has 5 heteroatoms. The van der Waals surface area contributed by atoms with Gasteiger partial charge in [-0.3, -0.25) is 4.79 Å². The highest BCUT2D eigenvalue weighted by atomic mass is 32.1. The first-order valence-electron chi connectivity index (χ1n) is 7.18. The first-order valence-corrected chi connectivity index (χ1v) is 8.00. The molecule has 4 nitrogen and oxygen atoms in total. The SMILES string of the molecule is CCc1nc(-n2cccc2)sc1C(=O)Nc1ccc(C)cc1. The zero-order valence-corrected chi connectivity index (χ0v) is 13.4. The highest BCUT2D eigenvalue weighted by molar-refractivity contribution is 7.16. The minimum atomic E-state index is -0.100. The van der Waals surface area contributed by atoms with Crippen LogP contribution in [0.1, 0.15) is 27.9 Å². The number of aromatic nitrogens is 2. The maximum atomic E-state index is 12.5. The van der Waals surface area contributed by atoms with Crippen molar-refractivity contribution in [2.24, 2.45) is 0 Å². The maximum absolute atomic E-state index is 12.5. The van der Waals surface area contributed by atoms with Gasteiger partial charge in [-0.05, 0) is 37.6 Å². The highest BCUT2D eigenvalue weighted by Gasteiger charge is 2.17. The third-order valence-electron chi connectivity index (χ3n) is 3.36. The van der Waals surface area contributed by atoms with Crippen molar-refractivity contribution in [2.45, 2.75) is 20.3 Å². The van der Waals surface area contributed by atoms with Gasteiger partial charge in [0.25, 0.3) is 5.91 Å². The number of anilines is 1. The normalized spacial score (nSPS) is 10.6. The van der Waals surface area contributed by atoms with Gasteiger partial charge in [0.15, 0.2) is 5.13 Å². The van der Waals surface area contributed by atoms with E-state index in [2.05, 4.69) is 10.3 Å². The largest absolute Gasteiger partial charge is 0.321 e. The van der Waals surface area contributed by atoms with E-state index in [-0.39, 0.29) is 5.91 Å². The Hall–Kier alpha value is -2.40. The van der Waals surface area contributed by atoms with Gasteiger partial charge < -0.3 is 9.88 Å². The van der Waals surface area contributed by atoms with E-state index in [4.69, 9.17) is 0 Å². The van der Waals surface area contributed by atoms with Crippen molar-refractivity contribution in [3.8, 4) is 5.13 Å². The lowest BCUT2D eigenvalue weighted by atomic mass is 10.2. The van der Waals surface area contributed by atoms with Crippen LogP contribution < -0.4 is 5.32 Å². The van der Waals surface area contributed by atoms with Crippen molar-refractivity contribution in [1.29, 1.82) is 0 Å². The lowest BCUT2D eigenvalue weighted by Crippen LogP contribution is -2.12. The topological polar surface area (TPSA) is 46.9 Å². The fourth-order valence-electron chi connectivity index (χ4n) is 2.15. The third-order valence-corrected chi connectivity index (χ3v) is 4.47. The minimum Gasteiger partial charge on any atom is -0.321 e. The van der Waals surface area contributed by atoms with Crippen LogP contribution >= 0.6 is 11.3 Å². The second kappa shape index (κ2) is 6.15. The fraction of sp³-hybridized carbons (Fsp3) is 0.176. The number of amides is 1. The summed E-state index contributed by atoms with van der Waals surface area (Å²) in [7, 11) is 0.